The van der Waals surface area contributed by atoms with E-state index in [1.165, 1.54) is 19.3 Å². The second kappa shape index (κ2) is 5.12. The molecule has 1 saturated carbocycles. The Morgan fingerprint density at radius 2 is 1.85 bits per heavy atom. The van der Waals surface area contributed by atoms with Gasteiger partial charge in [-0.3, -0.25) is 4.79 Å². The van der Waals surface area contributed by atoms with Crippen molar-refractivity contribution in [2.75, 3.05) is 18.8 Å². The first-order chi connectivity index (χ1) is 9.65. The highest BCUT2D eigenvalue weighted by Gasteiger charge is 2.53. The monoisotopic (exact) mass is 272 g/mol. The lowest BCUT2D eigenvalue weighted by Crippen LogP contribution is -2.44. The lowest BCUT2D eigenvalue weighted by Gasteiger charge is -2.34. The van der Waals surface area contributed by atoms with Gasteiger partial charge in [-0.2, -0.15) is 0 Å². The third-order valence-corrected chi connectivity index (χ3v) is 5.10. The third-order valence-electron chi connectivity index (χ3n) is 5.10. The molecule has 2 N–H and O–H groups in total. The molecule has 1 aliphatic heterocycles. The Kier molecular flexibility index (Phi) is 3.45. The first kappa shape index (κ1) is 13.5. The molecule has 1 aromatic rings. The number of nitrogens with zero attached hydrogens (tertiary/aromatic N) is 1. The van der Waals surface area contributed by atoms with Crippen molar-refractivity contribution in [2.45, 2.75) is 44.4 Å². The second-order valence-electron chi connectivity index (χ2n) is 6.35. The van der Waals surface area contributed by atoms with Crippen LogP contribution in [0, 0.1) is 5.92 Å². The van der Waals surface area contributed by atoms with E-state index in [0.717, 1.165) is 43.1 Å². The minimum Gasteiger partial charge on any atom is -0.399 e. The van der Waals surface area contributed by atoms with Crippen LogP contribution < -0.4 is 5.73 Å². The Labute approximate surface area is 121 Å². The fraction of sp³-hybridized carbons (Fsp3) is 0.588. The first-order valence-electron chi connectivity index (χ1n) is 7.81. The minimum absolute atomic E-state index is 0.229. The number of nitrogens with two attached hydrogens (primary N) is 1. The number of benzene rings is 1. The van der Waals surface area contributed by atoms with Gasteiger partial charge in [0.2, 0.25) is 5.91 Å². The highest BCUT2D eigenvalue weighted by molar-refractivity contribution is 5.91. The van der Waals surface area contributed by atoms with Crippen LogP contribution in [0.1, 0.15) is 44.6 Å². The molecule has 108 valence electrons. The van der Waals surface area contributed by atoms with Crippen LogP contribution in [0.3, 0.4) is 0 Å². The van der Waals surface area contributed by atoms with E-state index >= 15 is 0 Å². The van der Waals surface area contributed by atoms with Crippen molar-refractivity contribution in [1.29, 1.82) is 0 Å². The quantitative estimate of drug-likeness (QED) is 0.860. The maximum Gasteiger partial charge on any atom is 0.233 e. The van der Waals surface area contributed by atoms with Crippen molar-refractivity contribution in [2.24, 2.45) is 5.92 Å². The molecule has 0 unspecified atom stereocenters. The molecule has 0 aromatic heterocycles. The number of hydrogen-bond donors (Lipinski definition) is 1. The van der Waals surface area contributed by atoms with Crippen LogP contribution in [0.25, 0.3) is 0 Å². The number of carbonyl (C=O) groups excluding carboxylic acids is 1. The SMILES string of the molecule is CCC1CCN(C(=O)C2(c3ccc(N)cc3)CC2)CC1. The third kappa shape index (κ3) is 2.30. The number of hydrogen-bond acceptors (Lipinski definition) is 2. The normalized spacial score (nSPS) is 21.8. The molecule has 1 aliphatic carbocycles. The molecule has 1 saturated heterocycles. The summed E-state index contributed by atoms with van der Waals surface area (Å²) in [4.78, 5) is 15.0. The summed E-state index contributed by atoms with van der Waals surface area (Å²) in [6, 6.07) is 7.87. The van der Waals surface area contributed by atoms with E-state index in [2.05, 4.69) is 11.8 Å². The van der Waals surface area contributed by atoms with Crippen LogP contribution in [0.5, 0.6) is 0 Å². The second-order valence-corrected chi connectivity index (χ2v) is 6.35. The molecule has 3 nitrogen and oxygen atoms in total. The predicted molar refractivity (Wildman–Crippen MR) is 81.4 cm³/mol. The smallest absolute Gasteiger partial charge is 0.233 e. The number of carbonyl (C=O) groups is 1. The number of anilines is 1. The first-order valence-corrected chi connectivity index (χ1v) is 7.81. The molecule has 3 heteroatoms. The van der Waals surface area contributed by atoms with Gasteiger partial charge < -0.3 is 10.6 Å². The molecule has 0 bridgehead atoms. The Morgan fingerprint density at radius 3 is 2.35 bits per heavy atom. The van der Waals surface area contributed by atoms with Crippen molar-refractivity contribution in [1.82, 2.24) is 4.90 Å². The van der Waals surface area contributed by atoms with E-state index in [1.54, 1.807) is 0 Å². The fourth-order valence-electron chi connectivity index (χ4n) is 3.40. The lowest BCUT2D eigenvalue weighted by atomic mass is 9.90. The van der Waals surface area contributed by atoms with E-state index in [1.807, 2.05) is 24.3 Å². The summed E-state index contributed by atoms with van der Waals surface area (Å²) < 4.78 is 0. The number of piperidine rings is 1. The van der Waals surface area contributed by atoms with Crippen LogP contribution in [0.4, 0.5) is 5.69 Å². The molecular formula is C17H24N2O. The molecule has 1 heterocycles. The van der Waals surface area contributed by atoms with Crippen LogP contribution in [-0.2, 0) is 10.2 Å². The zero-order valence-corrected chi connectivity index (χ0v) is 12.3. The van der Waals surface area contributed by atoms with Crippen LogP contribution >= 0.6 is 0 Å². The van der Waals surface area contributed by atoms with Gasteiger partial charge in [-0.05, 0) is 49.3 Å². The van der Waals surface area contributed by atoms with E-state index in [4.69, 9.17) is 5.73 Å². The van der Waals surface area contributed by atoms with Gasteiger partial charge in [0.1, 0.15) is 0 Å². The Balaban J connectivity index is 1.72. The van der Waals surface area contributed by atoms with Gasteiger partial charge in [0.15, 0.2) is 0 Å². The van der Waals surface area contributed by atoms with E-state index in [0.29, 0.717) is 5.91 Å². The van der Waals surface area contributed by atoms with Crippen molar-refractivity contribution >= 4 is 11.6 Å². The zero-order valence-electron chi connectivity index (χ0n) is 12.3. The van der Waals surface area contributed by atoms with Crippen LogP contribution in [0.15, 0.2) is 24.3 Å². The van der Waals surface area contributed by atoms with Crippen molar-refractivity contribution in [3.05, 3.63) is 29.8 Å². The zero-order chi connectivity index (χ0) is 14.2. The molecule has 0 spiro atoms. The summed E-state index contributed by atoms with van der Waals surface area (Å²) in [7, 11) is 0. The predicted octanol–water partition coefficient (Wildman–Crippen LogP) is 2.95. The maximum atomic E-state index is 12.9. The summed E-state index contributed by atoms with van der Waals surface area (Å²) in [5.74, 6) is 1.16. The summed E-state index contributed by atoms with van der Waals surface area (Å²) in [5.41, 5.74) is 7.43. The van der Waals surface area contributed by atoms with Crippen molar-refractivity contribution in [3.63, 3.8) is 0 Å². The van der Waals surface area contributed by atoms with Gasteiger partial charge in [-0.25, -0.2) is 0 Å². The van der Waals surface area contributed by atoms with Crippen LogP contribution in [0.2, 0.25) is 0 Å². The van der Waals surface area contributed by atoms with Crippen molar-refractivity contribution < 1.29 is 4.79 Å². The summed E-state index contributed by atoms with van der Waals surface area (Å²) >= 11 is 0. The van der Waals surface area contributed by atoms with Gasteiger partial charge in [-0.15, -0.1) is 0 Å². The van der Waals surface area contributed by atoms with Gasteiger partial charge in [0.25, 0.3) is 0 Å². The molecule has 2 aliphatic rings. The standard InChI is InChI=1S/C17H24N2O/c1-2-13-7-11-19(12-8-13)16(20)17(9-10-17)14-3-5-15(18)6-4-14/h3-6,13H,2,7-12,18H2,1H3. The van der Waals surface area contributed by atoms with E-state index in [9.17, 15) is 4.79 Å². The fourth-order valence-corrected chi connectivity index (χ4v) is 3.40. The van der Waals surface area contributed by atoms with E-state index < -0.39 is 0 Å². The Hall–Kier alpha value is -1.51. The molecule has 0 radical (unpaired) electrons. The molecular weight excluding hydrogens is 248 g/mol. The largest absolute Gasteiger partial charge is 0.399 e. The number of rotatable bonds is 3. The molecule has 1 aromatic carbocycles. The summed E-state index contributed by atoms with van der Waals surface area (Å²) in [6.45, 7) is 4.13. The summed E-state index contributed by atoms with van der Waals surface area (Å²) in [6.07, 6.45) is 5.55. The average Bonchev–Trinajstić information content (AvgIpc) is 3.29. The van der Waals surface area contributed by atoms with Gasteiger partial charge in [0.05, 0.1) is 5.41 Å². The topological polar surface area (TPSA) is 46.3 Å². The lowest BCUT2D eigenvalue weighted by molar-refractivity contribution is -0.135. The molecule has 3 rings (SSSR count). The molecule has 2 fully saturated rings. The average molecular weight is 272 g/mol. The molecule has 1 amide bonds. The highest BCUT2D eigenvalue weighted by Crippen LogP contribution is 2.50. The number of nitrogen functional groups attached to an aromatic ring is 1. The van der Waals surface area contributed by atoms with Gasteiger partial charge >= 0.3 is 0 Å². The van der Waals surface area contributed by atoms with Gasteiger partial charge in [-0.1, -0.05) is 25.5 Å². The highest BCUT2D eigenvalue weighted by atomic mass is 16.2. The Morgan fingerprint density at radius 1 is 1.25 bits per heavy atom. The summed E-state index contributed by atoms with van der Waals surface area (Å²) in [5, 5.41) is 0. The molecule has 0 atom stereocenters. The van der Waals surface area contributed by atoms with Crippen LogP contribution in [-0.4, -0.2) is 23.9 Å². The van der Waals surface area contributed by atoms with Crippen molar-refractivity contribution in [3.8, 4) is 0 Å². The molecule has 20 heavy (non-hydrogen) atoms. The van der Waals surface area contributed by atoms with Gasteiger partial charge in [0, 0.05) is 18.8 Å². The Bertz CT molecular complexity index is 482. The van der Waals surface area contributed by atoms with E-state index in [-0.39, 0.29) is 5.41 Å². The number of amides is 1. The maximum absolute atomic E-state index is 12.9. The minimum atomic E-state index is -0.229. The number of likely N-dealkylation sites (tertiary alicyclic amines) is 1.